The van der Waals surface area contributed by atoms with E-state index in [-0.39, 0.29) is 0 Å². The number of para-hydroxylation sites is 1. The molecule has 0 amide bonds. The first kappa shape index (κ1) is 11.1. The van der Waals surface area contributed by atoms with Gasteiger partial charge in [-0.2, -0.15) is 0 Å². The van der Waals surface area contributed by atoms with Crippen LogP contribution in [-0.2, 0) is 7.05 Å². The lowest BCUT2D eigenvalue weighted by Gasteiger charge is -2.30. The normalized spacial score (nSPS) is 21.4. The van der Waals surface area contributed by atoms with Crippen molar-refractivity contribution >= 4 is 13.9 Å². The summed E-state index contributed by atoms with van der Waals surface area (Å²) >= 11 is 0. The first-order valence-electron chi connectivity index (χ1n) is 5.85. The fourth-order valence-corrected chi connectivity index (χ4v) is 2.11. The van der Waals surface area contributed by atoms with Gasteiger partial charge in [0.15, 0.2) is 0 Å². The van der Waals surface area contributed by atoms with Crippen LogP contribution in [0.15, 0.2) is 36.7 Å². The standard InChI is InChI=1S/C14H13BN2O/c1-14(15)7-6-10-4-3-5-11(12(10)18-14)13-16-8-9-17(13)2/h3-9H,1-2H3. The minimum Gasteiger partial charge on any atom is -0.492 e. The van der Waals surface area contributed by atoms with Crippen molar-refractivity contribution in [3.63, 3.8) is 0 Å². The maximum absolute atomic E-state index is 6.02. The van der Waals surface area contributed by atoms with E-state index in [0.717, 1.165) is 22.7 Å². The number of hydrogen-bond donors (Lipinski definition) is 0. The summed E-state index contributed by atoms with van der Waals surface area (Å²) in [5.41, 5.74) is 1.22. The number of hydrogen-bond acceptors (Lipinski definition) is 2. The number of benzene rings is 1. The molecule has 1 atom stereocenters. The molecule has 18 heavy (non-hydrogen) atoms. The van der Waals surface area contributed by atoms with Gasteiger partial charge in [-0.25, -0.2) is 4.98 Å². The molecule has 2 radical (unpaired) electrons. The Morgan fingerprint density at radius 1 is 1.39 bits per heavy atom. The van der Waals surface area contributed by atoms with E-state index in [1.807, 2.05) is 55.1 Å². The Labute approximate surface area is 108 Å². The van der Waals surface area contributed by atoms with Crippen molar-refractivity contribution in [1.82, 2.24) is 9.55 Å². The van der Waals surface area contributed by atoms with Crippen LogP contribution in [0.4, 0.5) is 0 Å². The van der Waals surface area contributed by atoms with E-state index in [9.17, 15) is 0 Å². The highest BCUT2D eigenvalue weighted by atomic mass is 16.5. The van der Waals surface area contributed by atoms with Gasteiger partial charge < -0.3 is 9.30 Å². The molecule has 0 N–H and O–H groups in total. The van der Waals surface area contributed by atoms with Gasteiger partial charge in [0.1, 0.15) is 19.4 Å². The Kier molecular flexibility index (Phi) is 2.33. The molecule has 0 saturated carbocycles. The van der Waals surface area contributed by atoms with Crippen LogP contribution >= 0.6 is 0 Å². The van der Waals surface area contributed by atoms with E-state index in [4.69, 9.17) is 12.6 Å². The lowest BCUT2D eigenvalue weighted by molar-refractivity contribution is 0.225. The van der Waals surface area contributed by atoms with Crippen molar-refractivity contribution in [3.05, 3.63) is 42.2 Å². The molecular weight excluding hydrogens is 223 g/mol. The largest absolute Gasteiger partial charge is 0.492 e. The number of aromatic nitrogens is 2. The van der Waals surface area contributed by atoms with Crippen molar-refractivity contribution in [2.75, 3.05) is 0 Å². The molecule has 1 aliphatic rings. The smallest absolute Gasteiger partial charge is 0.143 e. The lowest BCUT2D eigenvalue weighted by Crippen LogP contribution is -2.32. The van der Waals surface area contributed by atoms with Gasteiger partial charge in [0.2, 0.25) is 0 Å². The second kappa shape index (κ2) is 3.77. The van der Waals surface area contributed by atoms with E-state index >= 15 is 0 Å². The van der Waals surface area contributed by atoms with Crippen LogP contribution in [0, 0.1) is 0 Å². The Morgan fingerprint density at radius 3 is 2.94 bits per heavy atom. The molecule has 3 rings (SSSR count). The first-order valence-corrected chi connectivity index (χ1v) is 5.85. The van der Waals surface area contributed by atoms with Gasteiger partial charge in [0, 0.05) is 25.0 Å². The van der Waals surface area contributed by atoms with Crippen LogP contribution < -0.4 is 4.74 Å². The molecule has 0 saturated heterocycles. The third kappa shape index (κ3) is 1.74. The van der Waals surface area contributed by atoms with Gasteiger partial charge in [-0.05, 0) is 13.0 Å². The van der Waals surface area contributed by atoms with Crippen LogP contribution in [0.3, 0.4) is 0 Å². The van der Waals surface area contributed by atoms with E-state index in [0.29, 0.717) is 0 Å². The average molecular weight is 236 g/mol. The van der Waals surface area contributed by atoms with Gasteiger partial charge >= 0.3 is 0 Å². The molecule has 1 unspecified atom stereocenters. The molecule has 0 aliphatic carbocycles. The second-order valence-electron chi connectivity index (χ2n) is 4.70. The van der Waals surface area contributed by atoms with Crippen molar-refractivity contribution in [2.45, 2.75) is 12.4 Å². The second-order valence-corrected chi connectivity index (χ2v) is 4.70. The van der Waals surface area contributed by atoms with E-state index in [2.05, 4.69) is 4.98 Å². The monoisotopic (exact) mass is 236 g/mol. The highest BCUT2D eigenvalue weighted by Crippen LogP contribution is 2.37. The first-order chi connectivity index (χ1) is 8.57. The number of aryl methyl sites for hydroxylation is 1. The average Bonchev–Trinajstić information content (AvgIpc) is 2.73. The fourth-order valence-electron chi connectivity index (χ4n) is 2.11. The molecule has 0 bridgehead atoms. The number of ether oxygens (including phenoxy) is 1. The quantitative estimate of drug-likeness (QED) is 0.710. The SMILES string of the molecule is [B]C1(C)C=Cc2cccc(-c3nccn3C)c2O1. The molecule has 4 heteroatoms. The molecule has 2 heterocycles. The number of fused-ring (bicyclic) bond motifs is 1. The number of nitrogens with zero attached hydrogens (tertiary/aromatic N) is 2. The lowest BCUT2D eigenvalue weighted by atomic mass is 9.81. The summed E-state index contributed by atoms with van der Waals surface area (Å²) in [6.45, 7) is 1.83. The zero-order valence-electron chi connectivity index (χ0n) is 10.4. The molecule has 2 aromatic rings. The zero-order chi connectivity index (χ0) is 12.8. The summed E-state index contributed by atoms with van der Waals surface area (Å²) in [5.74, 6) is 1.66. The molecule has 0 fully saturated rings. The van der Waals surface area contributed by atoms with Gasteiger partial charge in [-0.3, -0.25) is 0 Å². The summed E-state index contributed by atoms with van der Waals surface area (Å²) in [7, 11) is 7.98. The highest BCUT2D eigenvalue weighted by molar-refractivity contribution is 6.16. The van der Waals surface area contributed by atoms with Gasteiger partial charge in [-0.1, -0.05) is 24.3 Å². The van der Waals surface area contributed by atoms with Gasteiger partial charge in [0.25, 0.3) is 0 Å². The van der Waals surface area contributed by atoms with E-state index in [1.165, 1.54) is 0 Å². The Morgan fingerprint density at radius 2 is 2.22 bits per heavy atom. The third-order valence-electron chi connectivity index (χ3n) is 3.02. The molecule has 1 aromatic heterocycles. The summed E-state index contributed by atoms with van der Waals surface area (Å²) < 4.78 is 7.83. The summed E-state index contributed by atoms with van der Waals surface area (Å²) in [4.78, 5) is 4.36. The molecule has 0 spiro atoms. The van der Waals surface area contributed by atoms with Crippen LogP contribution in [-0.4, -0.2) is 22.9 Å². The minimum atomic E-state index is -0.770. The minimum absolute atomic E-state index is 0.770. The molecule has 1 aromatic carbocycles. The molecule has 1 aliphatic heterocycles. The van der Waals surface area contributed by atoms with Gasteiger partial charge in [-0.15, -0.1) is 0 Å². The fraction of sp³-hybridized carbons (Fsp3) is 0.214. The predicted octanol–water partition coefficient (Wildman–Crippen LogP) is 2.38. The Balaban J connectivity index is 2.20. The topological polar surface area (TPSA) is 27.1 Å². The predicted molar refractivity (Wildman–Crippen MR) is 72.5 cm³/mol. The maximum atomic E-state index is 6.02. The summed E-state index contributed by atoms with van der Waals surface area (Å²) in [6.07, 6.45) is 7.53. The molecular formula is C14H13BN2O. The van der Waals surface area contributed by atoms with E-state index in [1.54, 1.807) is 6.20 Å². The maximum Gasteiger partial charge on any atom is 0.143 e. The number of imidazole rings is 1. The van der Waals surface area contributed by atoms with Crippen molar-refractivity contribution < 1.29 is 4.74 Å². The number of rotatable bonds is 1. The van der Waals surface area contributed by atoms with Crippen LogP contribution in [0.2, 0.25) is 0 Å². The van der Waals surface area contributed by atoms with Crippen LogP contribution in [0.5, 0.6) is 5.75 Å². The van der Waals surface area contributed by atoms with Crippen molar-refractivity contribution in [1.29, 1.82) is 0 Å². The van der Waals surface area contributed by atoms with Crippen molar-refractivity contribution in [3.8, 4) is 17.1 Å². The van der Waals surface area contributed by atoms with Crippen molar-refractivity contribution in [2.24, 2.45) is 7.05 Å². The highest BCUT2D eigenvalue weighted by Gasteiger charge is 2.24. The van der Waals surface area contributed by atoms with Crippen LogP contribution in [0.1, 0.15) is 12.5 Å². The summed E-state index contributed by atoms with van der Waals surface area (Å²) in [5, 5.41) is 0. The van der Waals surface area contributed by atoms with Crippen LogP contribution in [0.25, 0.3) is 17.5 Å². The Bertz CT molecular complexity index is 628. The Hall–Kier alpha value is -1.97. The molecule has 3 nitrogen and oxygen atoms in total. The zero-order valence-corrected chi connectivity index (χ0v) is 10.4. The van der Waals surface area contributed by atoms with Gasteiger partial charge in [0.05, 0.1) is 11.1 Å². The van der Waals surface area contributed by atoms with E-state index < -0.39 is 5.50 Å². The summed E-state index contributed by atoms with van der Waals surface area (Å²) in [6, 6.07) is 6.00. The molecule has 88 valence electrons. The third-order valence-corrected chi connectivity index (χ3v) is 3.02.